The largest absolute Gasteiger partial charge is 0.494 e. The van der Waals surface area contributed by atoms with E-state index in [2.05, 4.69) is 0 Å². The molecule has 0 unspecified atom stereocenters. The van der Waals surface area contributed by atoms with Crippen LogP contribution in [0.2, 0.25) is 0 Å². The molecule has 6 heteroatoms. The molecule has 0 spiro atoms. The summed E-state index contributed by atoms with van der Waals surface area (Å²) >= 11 is 0. The minimum absolute atomic E-state index is 0.270. The van der Waals surface area contributed by atoms with Gasteiger partial charge in [-0.15, -0.1) is 0 Å². The number of likely N-dealkylation sites (tertiary alicyclic amines) is 1. The SMILES string of the molecule is CCOC(=O)[C@@]1(Cc2ccc(OCC)cc2)CCN1C(=O)OC(C)(C)C. The van der Waals surface area contributed by atoms with Gasteiger partial charge in [0, 0.05) is 13.0 Å². The van der Waals surface area contributed by atoms with Gasteiger partial charge in [-0.3, -0.25) is 4.90 Å². The molecule has 0 N–H and O–H groups in total. The monoisotopic (exact) mass is 363 g/mol. The van der Waals surface area contributed by atoms with Crippen LogP contribution in [-0.4, -0.2) is 47.9 Å². The number of nitrogens with zero attached hydrogens (tertiary/aromatic N) is 1. The van der Waals surface area contributed by atoms with Crippen molar-refractivity contribution in [3.8, 4) is 5.75 Å². The number of amides is 1. The summed E-state index contributed by atoms with van der Waals surface area (Å²) < 4.78 is 16.2. The molecule has 1 aromatic rings. The molecule has 0 saturated carbocycles. The second-order valence-corrected chi connectivity index (χ2v) is 7.39. The van der Waals surface area contributed by atoms with Gasteiger partial charge in [-0.1, -0.05) is 12.1 Å². The summed E-state index contributed by atoms with van der Waals surface area (Å²) in [6, 6.07) is 7.57. The summed E-state index contributed by atoms with van der Waals surface area (Å²) in [7, 11) is 0. The first-order valence-electron chi connectivity index (χ1n) is 9.11. The molecule has 0 aromatic heterocycles. The Kier molecular flexibility index (Phi) is 6.16. The second-order valence-electron chi connectivity index (χ2n) is 7.39. The highest BCUT2D eigenvalue weighted by molar-refractivity contribution is 5.88. The number of hydrogen-bond acceptors (Lipinski definition) is 5. The third kappa shape index (κ3) is 4.48. The van der Waals surface area contributed by atoms with Crippen molar-refractivity contribution in [3.05, 3.63) is 29.8 Å². The molecule has 1 saturated heterocycles. The van der Waals surface area contributed by atoms with E-state index in [0.717, 1.165) is 11.3 Å². The first-order chi connectivity index (χ1) is 12.2. The van der Waals surface area contributed by atoms with Crippen molar-refractivity contribution in [2.45, 2.75) is 58.6 Å². The molecule has 26 heavy (non-hydrogen) atoms. The Bertz CT molecular complexity index is 635. The van der Waals surface area contributed by atoms with Crippen molar-refractivity contribution in [3.63, 3.8) is 0 Å². The smallest absolute Gasteiger partial charge is 0.411 e. The molecule has 0 bridgehead atoms. The van der Waals surface area contributed by atoms with Crippen molar-refractivity contribution < 1.29 is 23.8 Å². The maximum absolute atomic E-state index is 12.7. The van der Waals surface area contributed by atoms with E-state index in [9.17, 15) is 9.59 Å². The molecule has 2 rings (SSSR count). The van der Waals surface area contributed by atoms with Gasteiger partial charge in [0.2, 0.25) is 0 Å². The number of carbonyl (C=O) groups excluding carboxylic acids is 2. The third-order valence-electron chi connectivity index (χ3n) is 4.27. The lowest BCUT2D eigenvalue weighted by molar-refractivity contribution is -0.166. The van der Waals surface area contributed by atoms with E-state index in [1.54, 1.807) is 6.92 Å². The number of rotatable bonds is 6. The molecule has 1 aliphatic rings. The Balaban J connectivity index is 2.22. The summed E-state index contributed by atoms with van der Waals surface area (Å²) in [6.07, 6.45) is 0.457. The Morgan fingerprint density at radius 1 is 1.12 bits per heavy atom. The van der Waals surface area contributed by atoms with Crippen molar-refractivity contribution in [2.75, 3.05) is 19.8 Å². The van der Waals surface area contributed by atoms with Crippen LogP contribution in [0.15, 0.2) is 24.3 Å². The summed E-state index contributed by atoms with van der Waals surface area (Å²) in [5.41, 5.74) is -0.688. The van der Waals surface area contributed by atoms with Gasteiger partial charge in [0.1, 0.15) is 16.9 Å². The van der Waals surface area contributed by atoms with E-state index in [1.165, 1.54) is 4.90 Å². The number of hydrogen-bond donors (Lipinski definition) is 0. The topological polar surface area (TPSA) is 65.1 Å². The normalized spacial score (nSPS) is 19.5. The fraction of sp³-hybridized carbons (Fsp3) is 0.600. The number of ether oxygens (including phenoxy) is 3. The van der Waals surface area contributed by atoms with Gasteiger partial charge in [-0.25, -0.2) is 9.59 Å². The van der Waals surface area contributed by atoms with Crippen LogP contribution in [0.1, 0.15) is 46.6 Å². The number of carbonyl (C=O) groups is 2. The predicted octanol–water partition coefficient (Wildman–Crippen LogP) is 3.57. The summed E-state index contributed by atoms with van der Waals surface area (Å²) in [6.45, 7) is 10.5. The summed E-state index contributed by atoms with van der Waals surface area (Å²) in [5, 5.41) is 0. The standard InChI is InChI=1S/C20H29NO5/c1-6-24-16-10-8-15(9-11-16)14-20(17(22)25-7-2)12-13-21(20)18(23)26-19(3,4)5/h8-11H,6-7,12-14H2,1-5H3/t20-/m0/s1. The third-order valence-corrected chi connectivity index (χ3v) is 4.27. The maximum atomic E-state index is 12.7. The van der Waals surface area contributed by atoms with Gasteiger partial charge in [0.15, 0.2) is 0 Å². The molecule has 1 atom stereocenters. The molecule has 6 nitrogen and oxygen atoms in total. The number of benzene rings is 1. The molecule has 0 aliphatic carbocycles. The highest BCUT2D eigenvalue weighted by Gasteiger charge is 2.55. The maximum Gasteiger partial charge on any atom is 0.411 e. The van der Waals surface area contributed by atoms with Gasteiger partial charge in [0.25, 0.3) is 0 Å². The lowest BCUT2D eigenvalue weighted by Crippen LogP contribution is -2.68. The molecular weight excluding hydrogens is 334 g/mol. The second kappa shape index (κ2) is 7.98. The fourth-order valence-corrected chi connectivity index (χ4v) is 3.02. The molecule has 144 valence electrons. The average molecular weight is 363 g/mol. The van der Waals surface area contributed by atoms with Crippen LogP contribution in [-0.2, 0) is 20.7 Å². The molecule has 1 fully saturated rings. The highest BCUT2D eigenvalue weighted by Crippen LogP contribution is 2.37. The van der Waals surface area contributed by atoms with E-state index in [-0.39, 0.29) is 12.6 Å². The van der Waals surface area contributed by atoms with E-state index < -0.39 is 17.2 Å². The van der Waals surface area contributed by atoms with Gasteiger partial charge in [-0.2, -0.15) is 0 Å². The van der Waals surface area contributed by atoms with E-state index in [0.29, 0.717) is 26.0 Å². The Labute approximate surface area is 155 Å². The van der Waals surface area contributed by atoms with Crippen molar-refractivity contribution in [1.82, 2.24) is 4.90 Å². The quantitative estimate of drug-likeness (QED) is 0.723. The first-order valence-corrected chi connectivity index (χ1v) is 9.11. The van der Waals surface area contributed by atoms with Crippen LogP contribution in [0.5, 0.6) is 5.75 Å². The molecule has 1 aromatic carbocycles. The van der Waals surface area contributed by atoms with Crippen LogP contribution >= 0.6 is 0 Å². The molecule has 1 aliphatic heterocycles. The van der Waals surface area contributed by atoms with Crippen molar-refractivity contribution in [2.24, 2.45) is 0 Å². The van der Waals surface area contributed by atoms with Crippen LogP contribution < -0.4 is 4.74 Å². The Hall–Kier alpha value is -2.24. The first kappa shape index (κ1) is 20.1. The van der Waals surface area contributed by atoms with Gasteiger partial charge < -0.3 is 14.2 Å². The fourth-order valence-electron chi connectivity index (χ4n) is 3.02. The Morgan fingerprint density at radius 2 is 1.77 bits per heavy atom. The van der Waals surface area contributed by atoms with Crippen LogP contribution in [0.25, 0.3) is 0 Å². The van der Waals surface area contributed by atoms with Crippen molar-refractivity contribution in [1.29, 1.82) is 0 Å². The molecule has 1 heterocycles. The zero-order chi connectivity index (χ0) is 19.4. The zero-order valence-electron chi connectivity index (χ0n) is 16.3. The summed E-state index contributed by atoms with van der Waals surface area (Å²) in [4.78, 5) is 26.8. The van der Waals surface area contributed by atoms with Crippen LogP contribution in [0.4, 0.5) is 4.79 Å². The van der Waals surface area contributed by atoms with Crippen LogP contribution in [0, 0.1) is 0 Å². The van der Waals surface area contributed by atoms with Gasteiger partial charge in [-0.05, 0) is 58.7 Å². The zero-order valence-corrected chi connectivity index (χ0v) is 16.3. The van der Waals surface area contributed by atoms with Crippen molar-refractivity contribution >= 4 is 12.1 Å². The number of esters is 1. The summed E-state index contributed by atoms with van der Waals surface area (Å²) in [5.74, 6) is 0.394. The van der Waals surface area contributed by atoms with E-state index in [4.69, 9.17) is 14.2 Å². The lowest BCUT2D eigenvalue weighted by Gasteiger charge is -2.50. The highest BCUT2D eigenvalue weighted by atomic mass is 16.6. The average Bonchev–Trinajstić information content (AvgIpc) is 2.51. The van der Waals surface area contributed by atoms with E-state index >= 15 is 0 Å². The van der Waals surface area contributed by atoms with Gasteiger partial charge in [0.05, 0.1) is 13.2 Å². The molecule has 0 radical (unpaired) electrons. The van der Waals surface area contributed by atoms with Crippen LogP contribution in [0.3, 0.4) is 0 Å². The van der Waals surface area contributed by atoms with E-state index in [1.807, 2.05) is 52.0 Å². The van der Waals surface area contributed by atoms with Gasteiger partial charge >= 0.3 is 12.1 Å². The Morgan fingerprint density at radius 3 is 2.23 bits per heavy atom. The lowest BCUT2D eigenvalue weighted by atomic mass is 9.79. The minimum Gasteiger partial charge on any atom is -0.494 e. The molecule has 1 amide bonds. The predicted molar refractivity (Wildman–Crippen MR) is 98.2 cm³/mol. The molecular formula is C20H29NO5. The minimum atomic E-state index is -1.01.